The molecule has 0 unspecified atom stereocenters. The summed E-state index contributed by atoms with van der Waals surface area (Å²) in [4.78, 5) is 12.0. The number of Topliss-reactive ketones (excluding diaryl/α,β-unsaturated/α-hetero) is 1. The maximum atomic E-state index is 12.0. The van der Waals surface area contributed by atoms with Crippen molar-refractivity contribution >= 4 is 5.78 Å². The zero-order valence-corrected chi connectivity index (χ0v) is 10.9. The highest BCUT2D eigenvalue weighted by molar-refractivity contribution is 5.96. The number of methoxy groups -OCH3 is 1. The molecule has 1 fully saturated rings. The van der Waals surface area contributed by atoms with Crippen LogP contribution in [0.4, 0.5) is 0 Å². The van der Waals surface area contributed by atoms with Gasteiger partial charge in [0.25, 0.3) is 0 Å². The summed E-state index contributed by atoms with van der Waals surface area (Å²) in [7, 11) is 1.62. The molecule has 0 amide bonds. The minimum Gasteiger partial charge on any atom is -0.497 e. The summed E-state index contributed by atoms with van der Waals surface area (Å²) < 4.78 is 5.12. The van der Waals surface area contributed by atoms with E-state index in [1.807, 2.05) is 18.2 Å². The van der Waals surface area contributed by atoms with Crippen molar-refractivity contribution in [3.63, 3.8) is 0 Å². The molecule has 3 nitrogen and oxygen atoms in total. The Balaban J connectivity index is 1.79. The standard InChI is InChI=1S/C15H21NO2/c1-18-14-8-4-5-12(11-14)15(17)9-10-16-13-6-2-3-7-13/h4-5,8,11,13,16H,2-3,6-7,9-10H2,1H3. The molecule has 98 valence electrons. The highest BCUT2D eigenvalue weighted by Crippen LogP contribution is 2.18. The number of ether oxygens (including phenoxy) is 1. The summed E-state index contributed by atoms with van der Waals surface area (Å²) in [6.45, 7) is 0.778. The van der Waals surface area contributed by atoms with Crippen LogP contribution < -0.4 is 10.1 Å². The molecule has 0 spiro atoms. The molecule has 1 aromatic carbocycles. The Morgan fingerprint density at radius 2 is 2.17 bits per heavy atom. The lowest BCUT2D eigenvalue weighted by atomic mass is 10.1. The predicted octanol–water partition coefficient (Wildman–Crippen LogP) is 2.80. The Morgan fingerprint density at radius 3 is 2.89 bits per heavy atom. The minimum atomic E-state index is 0.180. The van der Waals surface area contributed by atoms with Gasteiger partial charge in [0.05, 0.1) is 7.11 Å². The molecule has 0 saturated heterocycles. The predicted molar refractivity (Wildman–Crippen MR) is 72.2 cm³/mol. The van der Waals surface area contributed by atoms with E-state index in [9.17, 15) is 4.79 Å². The van der Waals surface area contributed by atoms with E-state index < -0.39 is 0 Å². The van der Waals surface area contributed by atoms with Crippen molar-refractivity contribution in [3.05, 3.63) is 29.8 Å². The van der Waals surface area contributed by atoms with Gasteiger partial charge >= 0.3 is 0 Å². The van der Waals surface area contributed by atoms with Crippen LogP contribution >= 0.6 is 0 Å². The van der Waals surface area contributed by atoms with Gasteiger partial charge in [-0.15, -0.1) is 0 Å². The Labute approximate surface area is 109 Å². The van der Waals surface area contributed by atoms with Gasteiger partial charge < -0.3 is 10.1 Å². The molecule has 3 heteroatoms. The molecular formula is C15H21NO2. The number of carbonyl (C=O) groups excluding carboxylic acids is 1. The van der Waals surface area contributed by atoms with Crippen LogP contribution in [0.1, 0.15) is 42.5 Å². The van der Waals surface area contributed by atoms with E-state index in [2.05, 4.69) is 5.32 Å². The van der Waals surface area contributed by atoms with Crippen molar-refractivity contribution < 1.29 is 9.53 Å². The van der Waals surface area contributed by atoms with Crippen LogP contribution in [-0.2, 0) is 0 Å². The van der Waals surface area contributed by atoms with Gasteiger partial charge in [0.1, 0.15) is 5.75 Å². The van der Waals surface area contributed by atoms with Crippen molar-refractivity contribution in [2.24, 2.45) is 0 Å². The Kier molecular flexibility index (Phi) is 4.76. The largest absolute Gasteiger partial charge is 0.497 e. The van der Waals surface area contributed by atoms with E-state index in [1.54, 1.807) is 13.2 Å². The fraction of sp³-hybridized carbons (Fsp3) is 0.533. The third kappa shape index (κ3) is 3.57. The number of nitrogens with one attached hydrogen (secondary N) is 1. The lowest BCUT2D eigenvalue weighted by Gasteiger charge is -2.11. The van der Waals surface area contributed by atoms with Gasteiger partial charge in [0.2, 0.25) is 0 Å². The summed E-state index contributed by atoms with van der Waals surface area (Å²) in [6.07, 6.45) is 5.72. The van der Waals surface area contributed by atoms with Crippen LogP contribution in [0.25, 0.3) is 0 Å². The monoisotopic (exact) mass is 247 g/mol. The zero-order chi connectivity index (χ0) is 12.8. The van der Waals surface area contributed by atoms with Crippen LogP contribution in [0, 0.1) is 0 Å². The van der Waals surface area contributed by atoms with Crippen molar-refractivity contribution in [2.45, 2.75) is 38.1 Å². The summed E-state index contributed by atoms with van der Waals surface area (Å²) >= 11 is 0. The van der Waals surface area contributed by atoms with Crippen molar-refractivity contribution in [2.75, 3.05) is 13.7 Å². The quantitative estimate of drug-likeness (QED) is 0.786. The molecule has 0 atom stereocenters. The second-order valence-electron chi connectivity index (χ2n) is 4.84. The molecule has 0 aromatic heterocycles. The first kappa shape index (κ1) is 13.1. The summed E-state index contributed by atoms with van der Waals surface area (Å²) in [6, 6.07) is 7.99. The fourth-order valence-corrected chi connectivity index (χ4v) is 2.46. The maximum Gasteiger partial charge on any atom is 0.164 e. The Hall–Kier alpha value is -1.35. The first-order valence-electron chi connectivity index (χ1n) is 6.70. The van der Waals surface area contributed by atoms with E-state index in [0.29, 0.717) is 12.5 Å². The van der Waals surface area contributed by atoms with Gasteiger partial charge in [0, 0.05) is 24.6 Å². The Bertz CT molecular complexity index is 397. The fourth-order valence-electron chi connectivity index (χ4n) is 2.46. The second-order valence-corrected chi connectivity index (χ2v) is 4.84. The van der Waals surface area contributed by atoms with E-state index in [1.165, 1.54) is 25.7 Å². The lowest BCUT2D eigenvalue weighted by molar-refractivity contribution is 0.0981. The lowest BCUT2D eigenvalue weighted by Crippen LogP contribution is -2.28. The first-order chi connectivity index (χ1) is 8.79. The highest BCUT2D eigenvalue weighted by atomic mass is 16.5. The SMILES string of the molecule is COc1cccc(C(=O)CCNC2CCCC2)c1. The van der Waals surface area contributed by atoms with Crippen molar-refractivity contribution in [3.8, 4) is 5.75 Å². The Morgan fingerprint density at radius 1 is 1.39 bits per heavy atom. The molecule has 1 aromatic rings. The average molecular weight is 247 g/mol. The van der Waals surface area contributed by atoms with Gasteiger partial charge in [-0.25, -0.2) is 0 Å². The maximum absolute atomic E-state index is 12.0. The first-order valence-corrected chi connectivity index (χ1v) is 6.70. The van der Waals surface area contributed by atoms with Crippen LogP contribution in [-0.4, -0.2) is 25.5 Å². The topological polar surface area (TPSA) is 38.3 Å². The summed E-state index contributed by atoms with van der Waals surface area (Å²) in [5.41, 5.74) is 0.738. The van der Waals surface area contributed by atoms with Crippen molar-refractivity contribution in [1.82, 2.24) is 5.32 Å². The molecule has 0 heterocycles. The molecule has 1 aliphatic rings. The second kappa shape index (κ2) is 6.55. The third-order valence-corrected chi connectivity index (χ3v) is 3.53. The summed E-state index contributed by atoms with van der Waals surface area (Å²) in [5, 5.41) is 3.46. The van der Waals surface area contributed by atoms with E-state index in [4.69, 9.17) is 4.74 Å². The normalized spacial score (nSPS) is 15.8. The van der Waals surface area contributed by atoms with Crippen LogP contribution in [0.5, 0.6) is 5.75 Å². The smallest absolute Gasteiger partial charge is 0.164 e. The van der Waals surface area contributed by atoms with E-state index >= 15 is 0 Å². The number of ketones is 1. The van der Waals surface area contributed by atoms with Crippen LogP contribution in [0.15, 0.2) is 24.3 Å². The van der Waals surface area contributed by atoms with E-state index in [0.717, 1.165) is 17.9 Å². The molecule has 1 aliphatic carbocycles. The molecule has 2 rings (SSSR count). The highest BCUT2D eigenvalue weighted by Gasteiger charge is 2.14. The number of hydrogen-bond donors (Lipinski definition) is 1. The summed E-state index contributed by atoms with van der Waals surface area (Å²) in [5.74, 6) is 0.920. The van der Waals surface area contributed by atoms with Gasteiger partial charge in [-0.2, -0.15) is 0 Å². The zero-order valence-electron chi connectivity index (χ0n) is 10.9. The molecule has 1 saturated carbocycles. The van der Waals surface area contributed by atoms with Gasteiger partial charge in [0.15, 0.2) is 5.78 Å². The average Bonchev–Trinajstić information content (AvgIpc) is 2.92. The third-order valence-electron chi connectivity index (χ3n) is 3.53. The minimum absolute atomic E-state index is 0.180. The molecular weight excluding hydrogens is 226 g/mol. The van der Waals surface area contributed by atoms with Crippen LogP contribution in [0.2, 0.25) is 0 Å². The molecule has 0 aliphatic heterocycles. The molecule has 18 heavy (non-hydrogen) atoms. The van der Waals surface area contributed by atoms with Crippen molar-refractivity contribution in [1.29, 1.82) is 0 Å². The molecule has 0 bridgehead atoms. The number of hydrogen-bond acceptors (Lipinski definition) is 3. The van der Waals surface area contributed by atoms with Gasteiger partial charge in [-0.1, -0.05) is 25.0 Å². The molecule has 0 radical (unpaired) electrons. The number of carbonyl (C=O) groups is 1. The van der Waals surface area contributed by atoms with Gasteiger partial charge in [-0.3, -0.25) is 4.79 Å². The van der Waals surface area contributed by atoms with Gasteiger partial charge in [-0.05, 0) is 25.0 Å². The molecule has 1 N–H and O–H groups in total. The number of benzene rings is 1. The number of rotatable bonds is 6. The van der Waals surface area contributed by atoms with Crippen LogP contribution in [0.3, 0.4) is 0 Å². The van der Waals surface area contributed by atoms with E-state index in [-0.39, 0.29) is 5.78 Å².